The average molecular weight is 437 g/mol. The fraction of sp³-hybridized carbons (Fsp3) is 0.261. The van der Waals surface area contributed by atoms with E-state index in [2.05, 4.69) is 21.9 Å². The smallest absolute Gasteiger partial charge is 0.338 e. The number of halogens is 1. The Hall–Kier alpha value is -3.88. The number of aliphatic imine (C=N–C) groups is 1. The van der Waals surface area contributed by atoms with Crippen molar-refractivity contribution in [2.24, 2.45) is 10.9 Å². The van der Waals surface area contributed by atoms with Crippen LogP contribution in [0.4, 0.5) is 4.39 Å². The largest absolute Gasteiger partial charge is 0.482 e. The summed E-state index contributed by atoms with van der Waals surface area (Å²) in [6, 6.07) is 10.4. The van der Waals surface area contributed by atoms with E-state index in [4.69, 9.17) is 14.4 Å². The summed E-state index contributed by atoms with van der Waals surface area (Å²) in [7, 11) is 0. The zero-order chi connectivity index (χ0) is 22.7. The molecule has 0 spiro atoms. The Bertz CT molecular complexity index is 1150. The highest BCUT2D eigenvalue weighted by molar-refractivity contribution is 5.99. The minimum Gasteiger partial charge on any atom is -0.482 e. The predicted octanol–water partition coefficient (Wildman–Crippen LogP) is 4.38. The molecule has 1 fully saturated rings. The highest BCUT2D eigenvalue weighted by Gasteiger charge is 2.30. The molecule has 3 aromatic rings. The van der Waals surface area contributed by atoms with Crippen LogP contribution < -0.4 is 4.74 Å². The Kier molecular flexibility index (Phi) is 6.07. The van der Waals surface area contributed by atoms with Gasteiger partial charge >= 0.3 is 5.97 Å². The van der Waals surface area contributed by atoms with Crippen LogP contribution in [0.1, 0.15) is 51.9 Å². The molecule has 1 N–H and O–H groups in total. The summed E-state index contributed by atoms with van der Waals surface area (Å²) in [5, 5.41) is 12.9. The molecule has 8 nitrogen and oxygen atoms in total. The first-order valence-electron chi connectivity index (χ1n) is 10.1. The molecule has 1 aliphatic carbocycles. The Labute approximate surface area is 182 Å². The molecule has 32 heavy (non-hydrogen) atoms. The van der Waals surface area contributed by atoms with Crippen LogP contribution in [0.3, 0.4) is 0 Å². The SMILES string of the molecule is C=NCCC(Oc1ccc(C(=O)C2CC2)cc1)c1noc(-c2ccc(C(=O)O)c(F)c2)n1. The van der Waals surface area contributed by atoms with Gasteiger partial charge in [-0.2, -0.15) is 4.98 Å². The van der Waals surface area contributed by atoms with Gasteiger partial charge in [-0.25, -0.2) is 9.18 Å². The van der Waals surface area contributed by atoms with Crippen molar-refractivity contribution >= 4 is 18.5 Å². The number of ketones is 1. The lowest BCUT2D eigenvalue weighted by Crippen LogP contribution is -2.11. The maximum Gasteiger partial charge on any atom is 0.338 e. The average Bonchev–Trinajstić information content (AvgIpc) is 3.52. The van der Waals surface area contributed by atoms with Crippen LogP contribution in [0.2, 0.25) is 0 Å². The summed E-state index contributed by atoms with van der Waals surface area (Å²) >= 11 is 0. The van der Waals surface area contributed by atoms with E-state index in [0.29, 0.717) is 24.3 Å². The number of hydrogen-bond acceptors (Lipinski definition) is 7. The van der Waals surface area contributed by atoms with Crippen molar-refractivity contribution in [3.63, 3.8) is 0 Å². The second kappa shape index (κ2) is 9.09. The molecule has 1 heterocycles. The molecule has 0 radical (unpaired) electrons. The first-order chi connectivity index (χ1) is 15.5. The van der Waals surface area contributed by atoms with Gasteiger partial charge < -0.3 is 19.4 Å². The van der Waals surface area contributed by atoms with E-state index in [1.54, 1.807) is 24.3 Å². The van der Waals surface area contributed by atoms with Crippen molar-refractivity contribution in [3.8, 4) is 17.2 Å². The molecule has 2 aromatic carbocycles. The van der Waals surface area contributed by atoms with Gasteiger partial charge in [-0.15, -0.1) is 0 Å². The van der Waals surface area contributed by atoms with Crippen LogP contribution in [0.5, 0.6) is 5.75 Å². The first kappa shape index (κ1) is 21.4. The minimum absolute atomic E-state index is 0.0291. The van der Waals surface area contributed by atoms with Gasteiger partial charge in [0, 0.05) is 30.0 Å². The number of carboxylic acids is 1. The normalized spacial score (nSPS) is 14.0. The predicted molar refractivity (Wildman–Crippen MR) is 113 cm³/mol. The number of nitrogens with zero attached hydrogens (tertiary/aromatic N) is 3. The van der Waals surface area contributed by atoms with Gasteiger partial charge in [0.1, 0.15) is 11.6 Å². The maximum atomic E-state index is 14.0. The van der Waals surface area contributed by atoms with E-state index in [0.717, 1.165) is 25.0 Å². The molecule has 0 aliphatic heterocycles. The van der Waals surface area contributed by atoms with Crippen molar-refractivity contribution in [2.45, 2.75) is 25.4 Å². The van der Waals surface area contributed by atoms with Crippen LogP contribution in [0.15, 0.2) is 52.0 Å². The third-order valence-corrected chi connectivity index (χ3v) is 5.09. The minimum atomic E-state index is -1.37. The number of aromatic carboxylic acids is 1. The molecule has 1 unspecified atom stereocenters. The van der Waals surface area contributed by atoms with E-state index in [1.165, 1.54) is 6.07 Å². The lowest BCUT2D eigenvalue weighted by atomic mass is 10.1. The summed E-state index contributed by atoms with van der Waals surface area (Å²) in [6.07, 6.45) is 1.68. The number of aromatic nitrogens is 2. The van der Waals surface area contributed by atoms with Crippen molar-refractivity contribution in [3.05, 3.63) is 65.2 Å². The van der Waals surface area contributed by atoms with Crippen molar-refractivity contribution in [1.82, 2.24) is 10.1 Å². The Morgan fingerprint density at radius 1 is 1.25 bits per heavy atom. The van der Waals surface area contributed by atoms with Crippen LogP contribution in [-0.2, 0) is 0 Å². The number of carboxylic acid groups (broad SMARTS) is 1. The summed E-state index contributed by atoms with van der Waals surface area (Å²) in [5.41, 5.74) is 0.447. The fourth-order valence-corrected chi connectivity index (χ4v) is 3.20. The molecule has 0 amide bonds. The van der Waals surface area contributed by atoms with Crippen molar-refractivity contribution < 1.29 is 28.3 Å². The molecule has 0 bridgehead atoms. The zero-order valence-corrected chi connectivity index (χ0v) is 17.0. The quantitative estimate of drug-likeness (QED) is 0.370. The molecule has 1 aromatic heterocycles. The van der Waals surface area contributed by atoms with E-state index in [9.17, 15) is 14.0 Å². The highest BCUT2D eigenvalue weighted by Crippen LogP contribution is 2.33. The lowest BCUT2D eigenvalue weighted by Gasteiger charge is -2.15. The topological polar surface area (TPSA) is 115 Å². The van der Waals surface area contributed by atoms with Gasteiger partial charge in [0.25, 0.3) is 5.89 Å². The third-order valence-electron chi connectivity index (χ3n) is 5.09. The molecule has 9 heteroatoms. The summed E-state index contributed by atoms with van der Waals surface area (Å²) in [4.78, 5) is 31.3. The standard InChI is InChI=1S/C23H20FN3O5/c1-25-11-10-19(31-16-7-4-14(5-8-16)20(28)13-2-3-13)21-26-22(32-27-21)15-6-9-17(23(29)30)18(24)12-15/h4-9,12-13,19H,1-3,10-11H2,(H,29,30). The van der Waals surface area contributed by atoms with Gasteiger partial charge in [0.15, 0.2) is 11.9 Å². The summed E-state index contributed by atoms with van der Waals surface area (Å²) in [5.74, 6) is -1.21. The van der Waals surface area contributed by atoms with Crippen LogP contribution in [0.25, 0.3) is 11.5 Å². The zero-order valence-electron chi connectivity index (χ0n) is 17.0. The Balaban J connectivity index is 1.53. The number of carbonyl (C=O) groups is 2. The van der Waals surface area contributed by atoms with Crippen LogP contribution >= 0.6 is 0 Å². The number of rotatable bonds is 10. The summed E-state index contributed by atoms with van der Waals surface area (Å²) in [6.45, 7) is 3.86. The van der Waals surface area contributed by atoms with Gasteiger partial charge in [-0.05, 0) is 62.0 Å². The molecule has 1 atom stereocenters. The molecule has 1 aliphatic rings. The highest BCUT2D eigenvalue weighted by atomic mass is 19.1. The fourth-order valence-electron chi connectivity index (χ4n) is 3.20. The first-order valence-corrected chi connectivity index (χ1v) is 10.1. The molecule has 164 valence electrons. The Morgan fingerprint density at radius 2 is 2.00 bits per heavy atom. The van der Waals surface area contributed by atoms with E-state index in [1.807, 2.05) is 0 Å². The van der Waals surface area contributed by atoms with E-state index >= 15 is 0 Å². The molecular formula is C23H20FN3O5. The molecule has 0 saturated heterocycles. The number of benzene rings is 2. The third kappa shape index (κ3) is 4.72. The van der Waals surface area contributed by atoms with Crippen LogP contribution in [-0.4, -0.2) is 40.3 Å². The van der Waals surface area contributed by atoms with Crippen molar-refractivity contribution in [2.75, 3.05) is 6.54 Å². The van der Waals surface area contributed by atoms with Crippen molar-refractivity contribution in [1.29, 1.82) is 0 Å². The van der Waals surface area contributed by atoms with Gasteiger partial charge in [0.2, 0.25) is 5.82 Å². The van der Waals surface area contributed by atoms with Gasteiger partial charge in [-0.3, -0.25) is 4.79 Å². The lowest BCUT2D eigenvalue weighted by molar-refractivity contribution is 0.0691. The van der Waals surface area contributed by atoms with E-state index < -0.39 is 23.5 Å². The number of carbonyl (C=O) groups excluding carboxylic acids is 1. The second-order valence-electron chi connectivity index (χ2n) is 7.46. The number of hydrogen-bond donors (Lipinski definition) is 1. The van der Waals surface area contributed by atoms with Gasteiger partial charge in [0.05, 0.1) is 5.56 Å². The molecule has 4 rings (SSSR count). The molecule has 1 saturated carbocycles. The monoisotopic (exact) mass is 437 g/mol. The number of Topliss-reactive ketones (excluding diaryl/α,β-unsaturated/α-hetero) is 1. The Morgan fingerprint density at radius 3 is 2.62 bits per heavy atom. The van der Waals surface area contributed by atoms with Crippen LogP contribution in [0, 0.1) is 11.7 Å². The second-order valence-corrected chi connectivity index (χ2v) is 7.46. The number of ether oxygens (including phenoxy) is 1. The summed E-state index contributed by atoms with van der Waals surface area (Å²) < 4.78 is 25.3. The maximum absolute atomic E-state index is 14.0. The molecular weight excluding hydrogens is 417 g/mol. The van der Waals surface area contributed by atoms with Gasteiger partial charge in [-0.1, -0.05) is 5.16 Å². The van der Waals surface area contributed by atoms with E-state index in [-0.39, 0.29) is 29.0 Å².